The van der Waals surface area contributed by atoms with Crippen LogP contribution in [0.25, 0.3) is 0 Å². The SMILES string of the molecule is CCN1CCN(c2ccc(NC(=O)[C@@H]3CCCC[C@H]3C(=O)O)cc2)CC1. The molecule has 0 bridgehead atoms. The highest BCUT2D eigenvalue weighted by atomic mass is 16.4. The summed E-state index contributed by atoms with van der Waals surface area (Å²) in [5.74, 6) is -2.01. The number of carbonyl (C=O) groups excluding carboxylic acids is 1. The summed E-state index contributed by atoms with van der Waals surface area (Å²) in [5, 5.41) is 12.3. The number of carbonyl (C=O) groups is 2. The lowest BCUT2D eigenvalue weighted by Gasteiger charge is -2.35. The van der Waals surface area contributed by atoms with Crippen molar-refractivity contribution in [3.63, 3.8) is 0 Å². The van der Waals surface area contributed by atoms with Crippen molar-refractivity contribution in [2.75, 3.05) is 42.9 Å². The van der Waals surface area contributed by atoms with Gasteiger partial charge in [0.05, 0.1) is 11.8 Å². The average molecular weight is 359 g/mol. The Hall–Kier alpha value is -2.08. The summed E-state index contributed by atoms with van der Waals surface area (Å²) in [4.78, 5) is 28.7. The predicted octanol–water partition coefficient (Wildman–Crippen LogP) is 2.66. The van der Waals surface area contributed by atoms with E-state index in [2.05, 4.69) is 22.0 Å². The zero-order valence-corrected chi connectivity index (χ0v) is 15.5. The monoisotopic (exact) mass is 359 g/mol. The molecule has 1 amide bonds. The molecule has 0 unspecified atom stereocenters. The molecule has 1 saturated heterocycles. The van der Waals surface area contributed by atoms with E-state index in [1.165, 1.54) is 5.69 Å². The standard InChI is InChI=1S/C20H29N3O3/c1-2-22-11-13-23(14-12-22)16-9-7-15(8-10-16)21-19(24)17-5-3-4-6-18(17)20(25)26/h7-10,17-18H,2-6,11-14H2,1H3,(H,21,24)(H,25,26)/t17-,18-/m1/s1. The number of aliphatic carboxylic acids is 1. The third kappa shape index (κ3) is 4.36. The van der Waals surface area contributed by atoms with Crippen LogP contribution in [-0.2, 0) is 9.59 Å². The number of rotatable bonds is 5. The molecule has 2 fully saturated rings. The molecule has 1 saturated carbocycles. The molecule has 6 heteroatoms. The van der Waals surface area contributed by atoms with E-state index in [1.54, 1.807) is 0 Å². The molecule has 3 rings (SSSR count). The highest BCUT2D eigenvalue weighted by Crippen LogP contribution is 2.31. The first kappa shape index (κ1) is 18.7. The van der Waals surface area contributed by atoms with Crippen molar-refractivity contribution in [3.05, 3.63) is 24.3 Å². The minimum Gasteiger partial charge on any atom is -0.481 e. The Morgan fingerprint density at radius 2 is 1.65 bits per heavy atom. The van der Waals surface area contributed by atoms with E-state index >= 15 is 0 Å². The Bertz CT molecular complexity index is 624. The van der Waals surface area contributed by atoms with Crippen LogP contribution in [-0.4, -0.2) is 54.6 Å². The third-order valence-corrected chi connectivity index (χ3v) is 5.74. The van der Waals surface area contributed by atoms with Crippen molar-refractivity contribution < 1.29 is 14.7 Å². The number of anilines is 2. The van der Waals surface area contributed by atoms with Gasteiger partial charge in [0.15, 0.2) is 0 Å². The Morgan fingerprint density at radius 3 is 2.23 bits per heavy atom. The van der Waals surface area contributed by atoms with Gasteiger partial charge in [-0.2, -0.15) is 0 Å². The fraction of sp³-hybridized carbons (Fsp3) is 0.600. The normalized spacial score (nSPS) is 24.3. The molecular weight excluding hydrogens is 330 g/mol. The van der Waals surface area contributed by atoms with Crippen LogP contribution in [0, 0.1) is 11.8 Å². The zero-order valence-electron chi connectivity index (χ0n) is 15.5. The number of amides is 1. The molecule has 142 valence electrons. The van der Waals surface area contributed by atoms with Gasteiger partial charge in [0, 0.05) is 37.6 Å². The minimum atomic E-state index is -0.855. The molecule has 1 aromatic carbocycles. The first-order chi connectivity index (χ1) is 12.6. The molecule has 0 aromatic heterocycles. The van der Waals surface area contributed by atoms with Crippen LogP contribution in [0.5, 0.6) is 0 Å². The van der Waals surface area contributed by atoms with Crippen molar-refractivity contribution >= 4 is 23.3 Å². The molecule has 2 N–H and O–H groups in total. The Morgan fingerprint density at radius 1 is 1.04 bits per heavy atom. The Balaban J connectivity index is 1.58. The van der Waals surface area contributed by atoms with Crippen molar-refractivity contribution in [2.45, 2.75) is 32.6 Å². The van der Waals surface area contributed by atoms with Crippen molar-refractivity contribution in [1.82, 2.24) is 4.90 Å². The fourth-order valence-corrected chi connectivity index (χ4v) is 4.05. The summed E-state index contributed by atoms with van der Waals surface area (Å²) in [6.45, 7) is 7.47. The molecule has 26 heavy (non-hydrogen) atoms. The van der Waals surface area contributed by atoms with Crippen LogP contribution in [0.3, 0.4) is 0 Å². The first-order valence-electron chi connectivity index (χ1n) is 9.69. The first-order valence-corrected chi connectivity index (χ1v) is 9.69. The second-order valence-corrected chi connectivity index (χ2v) is 7.29. The number of benzene rings is 1. The third-order valence-electron chi connectivity index (χ3n) is 5.74. The van der Waals surface area contributed by atoms with Gasteiger partial charge in [0.2, 0.25) is 5.91 Å². The number of piperazine rings is 1. The van der Waals surface area contributed by atoms with E-state index in [0.717, 1.165) is 51.3 Å². The lowest BCUT2D eigenvalue weighted by Crippen LogP contribution is -2.46. The second-order valence-electron chi connectivity index (χ2n) is 7.29. The van der Waals surface area contributed by atoms with Gasteiger partial charge < -0.3 is 20.2 Å². The van der Waals surface area contributed by atoms with E-state index < -0.39 is 17.8 Å². The van der Waals surface area contributed by atoms with Gasteiger partial charge in [0.1, 0.15) is 0 Å². The number of hydrogen-bond donors (Lipinski definition) is 2. The maximum atomic E-state index is 12.5. The van der Waals surface area contributed by atoms with Crippen LogP contribution in [0.4, 0.5) is 11.4 Å². The minimum absolute atomic E-state index is 0.165. The summed E-state index contributed by atoms with van der Waals surface area (Å²) < 4.78 is 0. The highest BCUT2D eigenvalue weighted by Gasteiger charge is 2.35. The van der Waals surface area contributed by atoms with Crippen molar-refractivity contribution in [2.24, 2.45) is 11.8 Å². The van der Waals surface area contributed by atoms with Gasteiger partial charge in [-0.05, 0) is 43.7 Å². The number of hydrogen-bond acceptors (Lipinski definition) is 4. The Kier molecular flexibility index (Phi) is 6.14. The van der Waals surface area contributed by atoms with Gasteiger partial charge in [-0.15, -0.1) is 0 Å². The van der Waals surface area contributed by atoms with E-state index in [0.29, 0.717) is 12.8 Å². The van der Waals surface area contributed by atoms with Crippen molar-refractivity contribution in [1.29, 1.82) is 0 Å². The smallest absolute Gasteiger partial charge is 0.307 e. The van der Waals surface area contributed by atoms with Gasteiger partial charge in [0.25, 0.3) is 0 Å². The maximum absolute atomic E-state index is 12.5. The lowest BCUT2D eigenvalue weighted by molar-refractivity contribution is -0.147. The van der Waals surface area contributed by atoms with Gasteiger partial charge in [-0.1, -0.05) is 19.8 Å². The van der Waals surface area contributed by atoms with E-state index in [1.807, 2.05) is 24.3 Å². The zero-order chi connectivity index (χ0) is 18.5. The van der Waals surface area contributed by atoms with Crippen LogP contribution in [0.2, 0.25) is 0 Å². The highest BCUT2D eigenvalue weighted by molar-refractivity contribution is 5.95. The molecule has 0 spiro atoms. The number of carboxylic acid groups (broad SMARTS) is 1. The molecule has 1 aliphatic carbocycles. The van der Waals surface area contributed by atoms with Crippen molar-refractivity contribution in [3.8, 4) is 0 Å². The van der Waals surface area contributed by atoms with E-state index in [9.17, 15) is 14.7 Å². The Labute approximate surface area is 155 Å². The fourth-order valence-electron chi connectivity index (χ4n) is 4.05. The summed E-state index contributed by atoms with van der Waals surface area (Å²) in [5.41, 5.74) is 1.90. The molecule has 1 heterocycles. The van der Waals surface area contributed by atoms with Crippen LogP contribution < -0.4 is 10.2 Å². The predicted molar refractivity (Wildman–Crippen MR) is 102 cm³/mol. The van der Waals surface area contributed by atoms with Gasteiger partial charge >= 0.3 is 5.97 Å². The molecule has 6 nitrogen and oxygen atoms in total. The quantitative estimate of drug-likeness (QED) is 0.846. The summed E-state index contributed by atoms with van der Waals surface area (Å²) in [7, 11) is 0. The number of nitrogens with zero attached hydrogens (tertiary/aromatic N) is 2. The molecule has 2 atom stereocenters. The molecule has 1 aliphatic heterocycles. The average Bonchev–Trinajstić information content (AvgIpc) is 2.68. The molecular formula is C20H29N3O3. The maximum Gasteiger partial charge on any atom is 0.307 e. The summed E-state index contributed by atoms with van der Waals surface area (Å²) in [6, 6.07) is 7.90. The second kappa shape index (κ2) is 8.54. The van der Waals surface area contributed by atoms with Gasteiger partial charge in [-0.3, -0.25) is 9.59 Å². The summed E-state index contributed by atoms with van der Waals surface area (Å²) >= 11 is 0. The largest absolute Gasteiger partial charge is 0.481 e. The van der Waals surface area contributed by atoms with E-state index in [-0.39, 0.29) is 5.91 Å². The number of carboxylic acids is 1. The summed E-state index contributed by atoms with van der Waals surface area (Å²) in [6.07, 6.45) is 3.06. The number of likely N-dealkylation sites (N-methyl/N-ethyl adjacent to an activating group) is 1. The van der Waals surface area contributed by atoms with Crippen LogP contribution >= 0.6 is 0 Å². The molecule has 1 aromatic rings. The lowest BCUT2D eigenvalue weighted by atomic mass is 9.78. The van der Waals surface area contributed by atoms with Gasteiger partial charge in [-0.25, -0.2) is 0 Å². The van der Waals surface area contributed by atoms with E-state index in [4.69, 9.17) is 0 Å². The number of nitrogens with one attached hydrogen (secondary N) is 1. The topological polar surface area (TPSA) is 72.9 Å². The molecule has 2 aliphatic rings. The van der Waals surface area contributed by atoms with Crippen LogP contribution in [0.15, 0.2) is 24.3 Å². The molecule has 0 radical (unpaired) electrons. The van der Waals surface area contributed by atoms with Crippen LogP contribution in [0.1, 0.15) is 32.6 Å².